The van der Waals surface area contributed by atoms with Crippen molar-refractivity contribution in [3.05, 3.63) is 0 Å². The standard InChI is InChI=1S/C11H18N2O/c14-10(8-3-4-8)12-7-11-6-9(11)2-1-5-13-11/h8-9,13H,1-7H2,(H,12,14). The van der Waals surface area contributed by atoms with Crippen LogP contribution in [0.2, 0.25) is 0 Å². The third kappa shape index (κ3) is 1.44. The van der Waals surface area contributed by atoms with E-state index in [4.69, 9.17) is 0 Å². The molecule has 1 saturated heterocycles. The lowest BCUT2D eigenvalue weighted by Gasteiger charge is -2.24. The van der Waals surface area contributed by atoms with Crippen molar-refractivity contribution in [3.8, 4) is 0 Å². The van der Waals surface area contributed by atoms with Crippen LogP contribution in [-0.2, 0) is 4.79 Å². The molecule has 3 fully saturated rings. The van der Waals surface area contributed by atoms with Gasteiger partial charge in [0, 0.05) is 18.0 Å². The molecule has 2 aliphatic carbocycles. The third-order valence-corrected chi connectivity index (χ3v) is 3.96. The number of nitrogens with one attached hydrogen (secondary N) is 2. The number of amides is 1. The van der Waals surface area contributed by atoms with Crippen molar-refractivity contribution >= 4 is 5.91 Å². The molecule has 1 aliphatic heterocycles. The maximum atomic E-state index is 11.5. The van der Waals surface area contributed by atoms with E-state index in [2.05, 4.69) is 10.6 Å². The van der Waals surface area contributed by atoms with E-state index in [0.717, 1.165) is 31.8 Å². The highest BCUT2D eigenvalue weighted by Crippen LogP contribution is 2.48. The van der Waals surface area contributed by atoms with E-state index < -0.39 is 0 Å². The largest absolute Gasteiger partial charge is 0.354 e. The van der Waals surface area contributed by atoms with Gasteiger partial charge in [-0.25, -0.2) is 0 Å². The van der Waals surface area contributed by atoms with Crippen LogP contribution in [0.15, 0.2) is 0 Å². The van der Waals surface area contributed by atoms with Gasteiger partial charge in [-0.2, -0.15) is 0 Å². The molecule has 1 heterocycles. The molecule has 0 aromatic rings. The Morgan fingerprint density at radius 1 is 1.43 bits per heavy atom. The Morgan fingerprint density at radius 3 is 3.00 bits per heavy atom. The summed E-state index contributed by atoms with van der Waals surface area (Å²) in [4.78, 5) is 11.5. The van der Waals surface area contributed by atoms with Crippen LogP contribution in [-0.4, -0.2) is 24.5 Å². The van der Waals surface area contributed by atoms with E-state index in [1.54, 1.807) is 0 Å². The molecule has 2 unspecified atom stereocenters. The molecule has 2 atom stereocenters. The zero-order valence-electron chi connectivity index (χ0n) is 8.51. The number of hydrogen-bond donors (Lipinski definition) is 2. The van der Waals surface area contributed by atoms with Gasteiger partial charge in [0.05, 0.1) is 0 Å². The predicted molar refractivity (Wildman–Crippen MR) is 53.8 cm³/mol. The number of hydrogen-bond acceptors (Lipinski definition) is 2. The smallest absolute Gasteiger partial charge is 0.223 e. The Bertz CT molecular complexity index is 262. The summed E-state index contributed by atoms with van der Waals surface area (Å²) in [7, 11) is 0. The topological polar surface area (TPSA) is 41.1 Å². The van der Waals surface area contributed by atoms with E-state index in [0.29, 0.717) is 11.5 Å². The van der Waals surface area contributed by atoms with Crippen LogP contribution in [0.4, 0.5) is 0 Å². The zero-order valence-corrected chi connectivity index (χ0v) is 8.51. The highest BCUT2D eigenvalue weighted by atomic mass is 16.2. The summed E-state index contributed by atoms with van der Waals surface area (Å²) in [6.45, 7) is 2.00. The van der Waals surface area contributed by atoms with Crippen LogP contribution in [0.5, 0.6) is 0 Å². The second-order valence-electron chi connectivity index (χ2n) is 5.12. The Kier molecular flexibility index (Phi) is 1.84. The van der Waals surface area contributed by atoms with E-state index in [1.807, 2.05) is 0 Å². The molecular formula is C11H18N2O. The van der Waals surface area contributed by atoms with Gasteiger partial charge >= 0.3 is 0 Å². The first-order valence-corrected chi connectivity index (χ1v) is 5.83. The average molecular weight is 194 g/mol. The fourth-order valence-corrected chi connectivity index (χ4v) is 2.68. The summed E-state index contributed by atoms with van der Waals surface area (Å²) in [6.07, 6.45) is 6.15. The lowest BCUT2D eigenvalue weighted by molar-refractivity contribution is -0.122. The second-order valence-corrected chi connectivity index (χ2v) is 5.12. The third-order valence-electron chi connectivity index (χ3n) is 3.96. The minimum absolute atomic E-state index is 0.289. The second kappa shape index (κ2) is 2.96. The number of rotatable bonds is 3. The quantitative estimate of drug-likeness (QED) is 0.693. The molecular weight excluding hydrogens is 176 g/mol. The van der Waals surface area contributed by atoms with Crippen LogP contribution in [0.3, 0.4) is 0 Å². The maximum absolute atomic E-state index is 11.5. The molecule has 78 valence electrons. The van der Waals surface area contributed by atoms with Gasteiger partial charge in [-0.15, -0.1) is 0 Å². The minimum atomic E-state index is 0.289. The van der Waals surface area contributed by atoms with Crippen molar-refractivity contribution in [1.82, 2.24) is 10.6 Å². The molecule has 3 rings (SSSR count). The van der Waals surface area contributed by atoms with Crippen molar-refractivity contribution in [2.45, 2.75) is 37.6 Å². The van der Waals surface area contributed by atoms with Gasteiger partial charge in [0.25, 0.3) is 0 Å². The fraction of sp³-hybridized carbons (Fsp3) is 0.909. The zero-order chi connectivity index (χ0) is 9.60. The maximum Gasteiger partial charge on any atom is 0.223 e. The number of carbonyl (C=O) groups excluding carboxylic acids is 1. The monoisotopic (exact) mass is 194 g/mol. The lowest BCUT2D eigenvalue weighted by Crippen LogP contribution is -2.47. The van der Waals surface area contributed by atoms with Gasteiger partial charge in [0.2, 0.25) is 5.91 Å². The molecule has 0 aromatic heterocycles. The SMILES string of the molecule is O=C(NCC12CC1CCCN2)C1CC1. The van der Waals surface area contributed by atoms with Crippen molar-refractivity contribution in [3.63, 3.8) is 0 Å². The average Bonchev–Trinajstić information content (AvgIpc) is 3.06. The highest BCUT2D eigenvalue weighted by molar-refractivity contribution is 5.80. The van der Waals surface area contributed by atoms with Crippen molar-refractivity contribution in [1.29, 1.82) is 0 Å². The summed E-state index contributed by atoms with van der Waals surface area (Å²) in [6, 6.07) is 0. The number of carbonyl (C=O) groups is 1. The van der Waals surface area contributed by atoms with Crippen LogP contribution in [0, 0.1) is 11.8 Å². The van der Waals surface area contributed by atoms with Gasteiger partial charge in [-0.05, 0) is 44.6 Å². The van der Waals surface area contributed by atoms with Crippen LogP contribution in [0.25, 0.3) is 0 Å². The van der Waals surface area contributed by atoms with Crippen LogP contribution < -0.4 is 10.6 Å². The summed E-state index contributed by atoms with van der Waals surface area (Å²) in [5.74, 6) is 1.49. The highest BCUT2D eigenvalue weighted by Gasteiger charge is 2.54. The Hall–Kier alpha value is -0.570. The van der Waals surface area contributed by atoms with Gasteiger partial charge in [0.15, 0.2) is 0 Å². The lowest BCUT2D eigenvalue weighted by atomic mass is 10.1. The summed E-state index contributed by atoms with van der Waals surface area (Å²) < 4.78 is 0. The van der Waals surface area contributed by atoms with Gasteiger partial charge < -0.3 is 10.6 Å². The first kappa shape index (κ1) is 8.72. The van der Waals surface area contributed by atoms with Crippen LogP contribution >= 0.6 is 0 Å². The van der Waals surface area contributed by atoms with Gasteiger partial charge in [-0.3, -0.25) is 4.79 Å². The van der Waals surface area contributed by atoms with Crippen LogP contribution in [0.1, 0.15) is 32.1 Å². The van der Waals surface area contributed by atoms with E-state index >= 15 is 0 Å². The van der Waals surface area contributed by atoms with E-state index in [9.17, 15) is 4.79 Å². The molecule has 0 bridgehead atoms. The Labute approximate surface area is 84.6 Å². The fourth-order valence-electron chi connectivity index (χ4n) is 2.68. The number of fused-ring (bicyclic) bond motifs is 1. The summed E-state index contributed by atoms with van der Waals surface area (Å²) in [5.41, 5.74) is 0.308. The molecule has 2 N–H and O–H groups in total. The predicted octanol–water partition coefficient (Wildman–Crippen LogP) is 0.655. The Morgan fingerprint density at radius 2 is 2.29 bits per heavy atom. The molecule has 3 nitrogen and oxygen atoms in total. The van der Waals surface area contributed by atoms with Gasteiger partial charge in [-0.1, -0.05) is 0 Å². The molecule has 0 aromatic carbocycles. The van der Waals surface area contributed by atoms with Crippen molar-refractivity contribution < 1.29 is 4.79 Å². The Balaban J connectivity index is 1.50. The first-order chi connectivity index (χ1) is 6.80. The minimum Gasteiger partial charge on any atom is -0.354 e. The van der Waals surface area contributed by atoms with E-state index in [1.165, 1.54) is 19.3 Å². The normalized spacial score (nSPS) is 40.1. The molecule has 14 heavy (non-hydrogen) atoms. The van der Waals surface area contributed by atoms with Crippen molar-refractivity contribution in [2.24, 2.45) is 11.8 Å². The molecule has 0 radical (unpaired) electrons. The molecule has 2 saturated carbocycles. The summed E-state index contributed by atoms with van der Waals surface area (Å²) >= 11 is 0. The molecule has 0 spiro atoms. The van der Waals surface area contributed by atoms with Crippen molar-refractivity contribution in [2.75, 3.05) is 13.1 Å². The first-order valence-electron chi connectivity index (χ1n) is 5.83. The number of piperidine rings is 1. The van der Waals surface area contributed by atoms with E-state index in [-0.39, 0.29) is 5.91 Å². The molecule has 1 amide bonds. The molecule has 3 aliphatic rings. The summed E-state index contributed by atoms with van der Waals surface area (Å²) in [5, 5.41) is 6.66. The van der Waals surface area contributed by atoms with Gasteiger partial charge in [0.1, 0.15) is 0 Å². The molecule has 3 heteroatoms.